The molecule has 102 valence electrons. The van der Waals surface area contributed by atoms with Crippen LogP contribution in [-0.4, -0.2) is 26.7 Å². The van der Waals surface area contributed by atoms with Crippen molar-refractivity contribution in [3.8, 4) is 5.75 Å². The van der Waals surface area contributed by atoms with Crippen molar-refractivity contribution in [1.29, 1.82) is 0 Å². The summed E-state index contributed by atoms with van der Waals surface area (Å²) in [6.07, 6.45) is -1.97. The van der Waals surface area contributed by atoms with E-state index in [2.05, 4.69) is 0 Å². The van der Waals surface area contributed by atoms with Crippen molar-refractivity contribution in [2.24, 2.45) is 0 Å². The van der Waals surface area contributed by atoms with E-state index in [4.69, 9.17) is 21.1 Å². The van der Waals surface area contributed by atoms with Gasteiger partial charge in [-0.25, -0.2) is 8.78 Å². The Hall–Kier alpha value is -0.870. The first-order valence-electron chi connectivity index (χ1n) is 5.69. The molecule has 0 aliphatic heterocycles. The van der Waals surface area contributed by atoms with Crippen molar-refractivity contribution in [1.82, 2.24) is 0 Å². The predicted molar refractivity (Wildman–Crippen MR) is 67.8 cm³/mol. The van der Waals surface area contributed by atoms with Crippen molar-refractivity contribution in [2.75, 3.05) is 20.3 Å². The summed E-state index contributed by atoms with van der Waals surface area (Å²) in [5.74, 6) is 0.703. The van der Waals surface area contributed by atoms with Crippen LogP contribution < -0.4 is 4.74 Å². The maximum Gasteiger partial charge on any atom is 0.261 e. The summed E-state index contributed by atoms with van der Waals surface area (Å²) >= 11 is 6.23. The van der Waals surface area contributed by atoms with Gasteiger partial charge < -0.3 is 9.47 Å². The second-order valence-electron chi connectivity index (χ2n) is 3.97. The molecule has 0 amide bonds. The zero-order chi connectivity index (χ0) is 13.5. The van der Waals surface area contributed by atoms with Gasteiger partial charge in [0, 0.05) is 12.2 Å². The fourth-order valence-electron chi connectivity index (χ4n) is 1.61. The monoisotopic (exact) mass is 278 g/mol. The third-order valence-electron chi connectivity index (χ3n) is 2.48. The van der Waals surface area contributed by atoms with Crippen LogP contribution in [0.1, 0.15) is 22.9 Å². The molecule has 0 saturated heterocycles. The summed E-state index contributed by atoms with van der Waals surface area (Å²) in [5, 5.41) is -0.308. The molecule has 0 N–H and O–H groups in total. The van der Waals surface area contributed by atoms with Gasteiger partial charge in [0.05, 0.1) is 12.5 Å². The Morgan fingerprint density at radius 2 is 2.06 bits per heavy atom. The van der Waals surface area contributed by atoms with Crippen LogP contribution in [0, 0.1) is 6.92 Å². The number of rotatable bonds is 7. The molecule has 1 aromatic carbocycles. The van der Waals surface area contributed by atoms with E-state index in [0.717, 1.165) is 11.1 Å². The predicted octanol–water partition coefficient (Wildman–Crippen LogP) is 3.96. The van der Waals surface area contributed by atoms with Gasteiger partial charge in [-0.05, 0) is 19.4 Å². The highest BCUT2D eigenvalue weighted by Crippen LogP contribution is 2.32. The SMILES string of the molecule is COc1ccc(C)cc1C(Cl)CCOCC(F)F. The summed E-state index contributed by atoms with van der Waals surface area (Å²) in [5.41, 5.74) is 1.93. The molecular formula is C13H17ClF2O2. The summed E-state index contributed by atoms with van der Waals surface area (Å²) in [4.78, 5) is 0. The van der Waals surface area contributed by atoms with Crippen LogP contribution in [0.5, 0.6) is 5.75 Å². The van der Waals surface area contributed by atoms with Crippen LogP contribution in [0.15, 0.2) is 18.2 Å². The summed E-state index contributed by atoms with van der Waals surface area (Å²) in [7, 11) is 1.57. The Balaban J connectivity index is 2.55. The minimum absolute atomic E-state index is 0.204. The molecule has 1 aromatic rings. The van der Waals surface area contributed by atoms with Crippen molar-refractivity contribution >= 4 is 11.6 Å². The number of benzene rings is 1. The lowest BCUT2D eigenvalue weighted by Crippen LogP contribution is -2.07. The topological polar surface area (TPSA) is 18.5 Å². The fraction of sp³-hybridized carbons (Fsp3) is 0.538. The Morgan fingerprint density at radius 1 is 1.33 bits per heavy atom. The average Bonchev–Trinajstić information content (AvgIpc) is 2.34. The quantitative estimate of drug-likeness (QED) is 0.555. The van der Waals surface area contributed by atoms with Gasteiger partial charge in [-0.1, -0.05) is 17.7 Å². The summed E-state index contributed by atoms with van der Waals surface area (Å²) < 4.78 is 33.8. The van der Waals surface area contributed by atoms with Gasteiger partial charge in [0.25, 0.3) is 6.43 Å². The molecule has 0 fully saturated rings. The van der Waals surface area contributed by atoms with E-state index < -0.39 is 13.0 Å². The standard InChI is InChI=1S/C13H17ClF2O2/c1-9-3-4-12(17-2)10(7-9)11(14)5-6-18-8-13(15)16/h3-4,7,11,13H,5-6,8H2,1-2H3. The fourth-order valence-corrected chi connectivity index (χ4v) is 1.87. The molecule has 0 bridgehead atoms. The van der Waals surface area contributed by atoms with Crippen LogP contribution in [0.3, 0.4) is 0 Å². The third kappa shape index (κ3) is 4.78. The molecule has 0 aliphatic carbocycles. The van der Waals surface area contributed by atoms with E-state index in [0.29, 0.717) is 12.2 Å². The van der Waals surface area contributed by atoms with E-state index in [-0.39, 0.29) is 12.0 Å². The van der Waals surface area contributed by atoms with E-state index in [9.17, 15) is 8.78 Å². The lowest BCUT2D eigenvalue weighted by atomic mass is 10.1. The lowest BCUT2D eigenvalue weighted by Gasteiger charge is -2.14. The molecule has 1 atom stereocenters. The molecule has 0 spiro atoms. The highest BCUT2D eigenvalue weighted by Gasteiger charge is 2.14. The van der Waals surface area contributed by atoms with E-state index in [1.54, 1.807) is 7.11 Å². The smallest absolute Gasteiger partial charge is 0.261 e. The van der Waals surface area contributed by atoms with Crippen molar-refractivity contribution in [3.05, 3.63) is 29.3 Å². The first-order valence-corrected chi connectivity index (χ1v) is 6.12. The molecule has 1 unspecified atom stereocenters. The maximum atomic E-state index is 11.9. The average molecular weight is 279 g/mol. The van der Waals surface area contributed by atoms with Crippen LogP contribution >= 0.6 is 11.6 Å². The van der Waals surface area contributed by atoms with Crippen LogP contribution in [0.25, 0.3) is 0 Å². The molecule has 2 nitrogen and oxygen atoms in total. The molecule has 0 saturated carbocycles. The minimum Gasteiger partial charge on any atom is -0.496 e. The Morgan fingerprint density at radius 3 is 2.67 bits per heavy atom. The van der Waals surface area contributed by atoms with Crippen LogP contribution in [-0.2, 0) is 4.74 Å². The van der Waals surface area contributed by atoms with Gasteiger partial charge in [-0.3, -0.25) is 0 Å². The highest BCUT2D eigenvalue weighted by molar-refractivity contribution is 6.21. The molecule has 0 aliphatic rings. The summed E-state index contributed by atoms with van der Waals surface area (Å²) in [6.45, 7) is 1.62. The Kier molecular flexibility index (Phi) is 6.36. The number of halogens is 3. The second kappa shape index (κ2) is 7.54. The van der Waals surface area contributed by atoms with Crippen molar-refractivity contribution in [2.45, 2.75) is 25.1 Å². The second-order valence-corrected chi connectivity index (χ2v) is 4.49. The molecule has 1 rings (SSSR count). The molecule has 0 aromatic heterocycles. The number of methoxy groups -OCH3 is 1. The molecule has 18 heavy (non-hydrogen) atoms. The first-order chi connectivity index (χ1) is 8.54. The third-order valence-corrected chi connectivity index (χ3v) is 2.94. The van der Waals surface area contributed by atoms with Gasteiger partial charge >= 0.3 is 0 Å². The molecule has 0 heterocycles. The number of aryl methyl sites for hydroxylation is 1. The molecular weight excluding hydrogens is 262 g/mol. The maximum absolute atomic E-state index is 11.9. The number of alkyl halides is 3. The number of hydrogen-bond acceptors (Lipinski definition) is 2. The van der Waals surface area contributed by atoms with Gasteiger partial charge in [0.15, 0.2) is 0 Å². The van der Waals surface area contributed by atoms with Crippen molar-refractivity contribution < 1.29 is 18.3 Å². The number of ether oxygens (including phenoxy) is 2. The van der Waals surface area contributed by atoms with Gasteiger partial charge in [-0.2, -0.15) is 0 Å². The van der Waals surface area contributed by atoms with Gasteiger partial charge in [0.1, 0.15) is 12.4 Å². The zero-order valence-electron chi connectivity index (χ0n) is 10.5. The Labute approximate surface area is 111 Å². The van der Waals surface area contributed by atoms with E-state index in [1.165, 1.54) is 0 Å². The zero-order valence-corrected chi connectivity index (χ0v) is 11.2. The number of hydrogen-bond donors (Lipinski definition) is 0. The summed E-state index contributed by atoms with van der Waals surface area (Å²) in [6, 6.07) is 5.71. The Bertz CT molecular complexity index is 372. The molecule has 5 heteroatoms. The van der Waals surface area contributed by atoms with Crippen LogP contribution in [0.2, 0.25) is 0 Å². The lowest BCUT2D eigenvalue weighted by molar-refractivity contribution is 0.0165. The largest absolute Gasteiger partial charge is 0.496 e. The minimum atomic E-state index is -2.44. The van der Waals surface area contributed by atoms with Gasteiger partial charge in [0.2, 0.25) is 0 Å². The molecule has 0 radical (unpaired) electrons. The van der Waals surface area contributed by atoms with Crippen molar-refractivity contribution in [3.63, 3.8) is 0 Å². The van der Waals surface area contributed by atoms with Gasteiger partial charge in [-0.15, -0.1) is 11.6 Å². The normalized spacial score (nSPS) is 12.8. The van der Waals surface area contributed by atoms with E-state index >= 15 is 0 Å². The van der Waals surface area contributed by atoms with Crippen LogP contribution in [0.4, 0.5) is 8.78 Å². The first kappa shape index (κ1) is 15.2. The van der Waals surface area contributed by atoms with E-state index in [1.807, 2.05) is 25.1 Å². The highest BCUT2D eigenvalue weighted by atomic mass is 35.5.